The second kappa shape index (κ2) is 9.66. The van der Waals surface area contributed by atoms with E-state index >= 15 is 0 Å². The number of imidazole rings is 1. The molecule has 1 aliphatic heterocycles. The van der Waals surface area contributed by atoms with Gasteiger partial charge in [-0.3, -0.25) is 9.20 Å². The first kappa shape index (κ1) is 23.9. The summed E-state index contributed by atoms with van der Waals surface area (Å²) in [7, 11) is 1.64. The Hall–Kier alpha value is -3.85. The van der Waals surface area contributed by atoms with Crippen LogP contribution in [0.15, 0.2) is 55.0 Å². The summed E-state index contributed by atoms with van der Waals surface area (Å²) < 4.78 is 7.64. The highest BCUT2D eigenvalue weighted by atomic mass is 35.5. The van der Waals surface area contributed by atoms with Gasteiger partial charge in [0.05, 0.1) is 35.9 Å². The lowest BCUT2D eigenvalue weighted by atomic mass is 10.1. The standard InChI is InChI=1S/C26H28ClN7O2/c1-16-15-34(17(2)14-33(16)18(3)35)19-8-9-21(23(11-19)36-4)30-26-29-12-20(27)25(31-26)22-13-28-24-7-5-6-10-32(22)24/h5-13,16-17H,14-15H2,1-4H3,(H,29,30,31)/t16-,17+/m0/s1. The Morgan fingerprint density at radius 1 is 1.11 bits per heavy atom. The minimum Gasteiger partial charge on any atom is -0.494 e. The summed E-state index contributed by atoms with van der Waals surface area (Å²) in [5.74, 6) is 1.16. The number of ether oxygens (including phenoxy) is 1. The number of benzene rings is 1. The number of anilines is 3. The number of carbonyl (C=O) groups is 1. The van der Waals surface area contributed by atoms with Gasteiger partial charge in [0.1, 0.15) is 17.1 Å². The molecule has 1 saturated heterocycles. The molecule has 0 radical (unpaired) electrons. The van der Waals surface area contributed by atoms with Gasteiger partial charge in [-0.25, -0.2) is 15.0 Å². The SMILES string of the molecule is COc1cc(N2C[C@H](C)N(C(C)=O)C[C@H]2C)ccc1Nc1ncc(Cl)c(-c2cnc3ccccn23)n1. The van der Waals surface area contributed by atoms with E-state index in [9.17, 15) is 4.79 Å². The number of hydrogen-bond donors (Lipinski definition) is 1. The number of aromatic nitrogens is 4. The number of nitrogens with zero attached hydrogens (tertiary/aromatic N) is 6. The number of nitrogens with one attached hydrogen (secondary N) is 1. The second-order valence-corrected chi connectivity index (χ2v) is 9.40. The number of methoxy groups -OCH3 is 1. The van der Waals surface area contributed by atoms with E-state index in [0.29, 0.717) is 29.0 Å². The van der Waals surface area contributed by atoms with E-state index in [-0.39, 0.29) is 18.0 Å². The third-order valence-electron chi connectivity index (χ3n) is 6.56. The zero-order valence-electron chi connectivity index (χ0n) is 20.6. The van der Waals surface area contributed by atoms with Gasteiger partial charge in [0.25, 0.3) is 0 Å². The maximum Gasteiger partial charge on any atom is 0.227 e. The lowest BCUT2D eigenvalue weighted by molar-refractivity contribution is -0.131. The summed E-state index contributed by atoms with van der Waals surface area (Å²) in [6, 6.07) is 12.1. The molecular formula is C26H28ClN7O2. The maximum atomic E-state index is 12.0. The van der Waals surface area contributed by atoms with Crippen LogP contribution in [0.4, 0.5) is 17.3 Å². The molecule has 5 rings (SSSR count). The van der Waals surface area contributed by atoms with Crippen LogP contribution in [-0.4, -0.2) is 62.4 Å². The minimum absolute atomic E-state index is 0.109. The molecule has 36 heavy (non-hydrogen) atoms. The number of rotatable bonds is 5. The van der Waals surface area contributed by atoms with Crippen LogP contribution in [-0.2, 0) is 4.79 Å². The molecule has 0 unspecified atom stereocenters. The zero-order chi connectivity index (χ0) is 25.4. The average molecular weight is 506 g/mol. The number of fused-ring (bicyclic) bond motifs is 1. The average Bonchev–Trinajstić information content (AvgIpc) is 3.30. The van der Waals surface area contributed by atoms with Crippen LogP contribution in [0.5, 0.6) is 5.75 Å². The minimum atomic E-state index is 0.109. The van der Waals surface area contributed by atoms with Crippen LogP contribution in [0, 0.1) is 0 Å². The van der Waals surface area contributed by atoms with Crippen molar-refractivity contribution in [1.29, 1.82) is 0 Å². The van der Waals surface area contributed by atoms with Crippen molar-refractivity contribution in [3.05, 3.63) is 60.0 Å². The van der Waals surface area contributed by atoms with Crippen molar-refractivity contribution in [2.75, 3.05) is 30.4 Å². The van der Waals surface area contributed by atoms with Crippen molar-refractivity contribution < 1.29 is 9.53 Å². The molecule has 1 fully saturated rings. The van der Waals surface area contributed by atoms with E-state index in [4.69, 9.17) is 16.3 Å². The first-order valence-corrected chi connectivity index (χ1v) is 12.2. The van der Waals surface area contributed by atoms with Crippen LogP contribution in [0.25, 0.3) is 17.0 Å². The second-order valence-electron chi connectivity index (χ2n) is 8.99. The molecular weight excluding hydrogens is 478 g/mol. The summed E-state index contributed by atoms with van der Waals surface area (Å²) in [6.07, 6.45) is 5.24. The van der Waals surface area contributed by atoms with Crippen LogP contribution < -0.4 is 15.0 Å². The number of piperazine rings is 1. The Morgan fingerprint density at radius 2 is 1.94 bits per heavy atom. The zero-order valence-corrected chi connectivity index (χ0v) is 21.4. The van der Waals surface area contributed by atoms with E-state index in [0.717, 1.165) is 29.3 Å². The highest BCUT2D eigenvalue weighted by Crippen LogP contribution is 2.34. The maximum absolute atomic E-state index is 12.0. The molecule has 1 aliphatic rings. The Balaban J connectivity index is 1.42. The number of amides is 1. The monoisotopic (exact) mass is 505 g/mol. The van der Waals surface area contributed by atoms with E-state index in [1.165, 1.54) is 0 Å². The van der Waals surface area contributed by atoms with Crippen LogP contribution in [0.1, 0.15) is 20.8 Å². The van der Waals surface area contributed by atoms with E-state index in [1.54, 1.807) is 26.4 Å². The van der Waals surface area contributed by atoms with Crippen molar-refractivity contribution >= 4 is 40.5 Å². The molecule has 186 valence electrons. The quantitative estimate of drug-likeness (QED) is 0.422. The van der Waals surface area contributed by atoms with Crippen molar-refractivity contribution in [1.82, 2.24) is 24.3 Å². The van der Waals surface area contributed by atoms with Crippen molar-refractivity contribution in [2.45, 2.75) is 32.9 Å². The Kier molecular flexibility index (Phi) is 6.40. The molecule has 0 saturated carbocycles. The largest absolute Gasteiger partial charge is 0.494 e. The predicted octanol–water partition coefficient (Wildman–Crippen LogP) is 4.64. The van der Waals surface area contributed by atoms with Gasteiger partial charge < -0.3 is 19.9 Å². The number of halogens is 1. The van der Waals surface area contributed by atoms with Gasteiger partial charge in [0.2, 0.25) is 11.9 Å². The Morgan fingerprint density at radius 3 is 2.72 bits per heavy atom. The van der Waals surface area contributed by atoms with Crippen LogP contribution in [0.2, 0.25) is 5.02 Å². The van der Waals surface area contributed by atoms with Gasteiger partial charge in [0, 0.05) is 50.0 Å². The molecule has 4 heterocycles. The van der Waals surface area contributed by atoms with E-state index in [1.807, 2.05) is 51.9 Å². The number of carbonyl (C=O) groups excluding carboxylic acids is 1. The Labute approximate surface area is 214 Å². The van der Waals surface area contributed by atoms with Crippen molar-refractivity contribution in [3.8, 4) is 17.1 Å². The highest BCUT2D eigenvalue weighted by Gasteiger charge is 2.31. The molecule has 0 aliphatic carbocycles. The van der Waals surface area contributed by atoms with Crippen LogP contribution >= 0.6 is 11.6 Å². The molecule has 1 amide bonds. The molecule has 2 atom stereocenters. The lowest BCUT2D eigenvalue weighted by Crippen LogP contribution is -2.57. The van der Waals surface area contributed by atoms with E-state index < -0.39 is 0 Å². The topological polar surface area (TPSA) is 87.9 Å². The van der Waals surface area contributed by atoms with Gasteiger partial charge in [0.15, 0.2) is 0 Å². The summed E-state index contributed by atoms with van der Waals surface area (Å²) in [5.41, 5.74) is 3.92. The van der Waals surface area contributed by atoms with Gasteiger partial charge in [-0.2, -0.15) is 0 Å². The normalized spacial score (nSPS) is 17.9. The predicted molar refractivity (Wildman–Crippen MR) is 141 cm³/mol. The van der Waals surface area contributed by atoms with Crippen LogP contribution in [0.3, 0.4) is 0 Å². The molecule has 4 aromatic rings. The molecule has 0 spiro atoms. The smallest absolute Gasteiger partial charge is 0.227 e. The first-order valence-electron chi connectivity index (χ1n) is 11.8. The highest BCUT2D eigenvalue weighted by molar-refractivity contribution is 6.32. The van der Waals surface area contributed by atoms with Gasteiger partial charge in [-0.15, -0.1) is 0 Å². The molecule has 3 aromatic heterocycles. The molecule has 9 nitrogen and oxygen atoms in total. The summed E-state index contributed by atoms with van der Waals surface area (Å²) in [5, 5.41) is 3.70. The molecule has 0 bridgehead atoms. The number of hydrogen-bond acceptors (Lipinski definition) is 7. The van der Waals surface area contributed by atoms with Gasteiger partial charge in [-0.05, 0) is 38.1 Å². The first-order chi connectivity index (χ1) is 17.4. The van der Waals surface area contributed by atoms with Gasteiger partial charge in [-0.1, -0.05) is 17.7 Å². The van der Waals surface area contributed by atoms with Crippen molar-refractivity contribution in [2.24, 2.45) is 0 Å². The van der Waals surface area contributed by atoms with E-state index in [2.05, 4.69) is 39.0 Å². The number of pyridine rings is 1. The third-order valence-corrected chi connectivity index (χ3v) is 6.83. The third kappa shape index (κ3) is 4.42. The fraction of sp³-hybridized carbons (Fsp3) is 0.308. The summed E-state index contributed by atoms with van der Waals surface area (Å²) in [6.45, 7) is 7.27. The molecule has 1 aromatic carbocycles. The lowest BCUT2D eigenvalue weighted by Gasteiger charge is -2.45. The fourth-order valence-electron chi connectivity index (χ4n) is 4.72. The molecule has 10 heteroatoms. The van der Waals surface area contributed by atoms with Gasteiger partial charge >= 0.3 is 0 Å². The summed E-state index contributed by atoms with van der Waals surface area (Å²) >= 11 is 6.46. The summed E-state index contributed by atoms with van der Waals surface area (Å²) in [4.78, 5) is 29.7. The van der Waals surface area contributed by atoms with Crippen molar-refractivity contribution in [3.63, 3.8) is 0 Å². The fourth-order valence-corrected chi connectivity index (χ4v) is 4.91. The molecule has 1 N–H and O–H groups in total. The Bertz CT molecular complexity index is 1420.